The van der Waals surface area contributed by atoms with Gasteiger partial charge in [-0.3, -0.25) is 14.5 Å². The summed E-state index contributed by atoms with van der Waals surface area (Å²) in [7, 11) is 0. The summed E-state index contributed by atoms with van der Waals surface area (Å²) in [5.41, 5.74) is 1.99. The number of rotatable bonds is 8. The number of amides is 2. The van der Waals surface area contributed by atoms with Crippen LogP contribution in [-0.4, -0.2) is 22.6 Å². The Kier molecular flexibility index (Phi) is 6.71. The minimum atomic E-state index is -0.189. The Labute approximate surface area is 164 Å². The van der Waals surface area contributed by atoms with Crippen LogP contribution in [0.4, 0.5) is 4.79 Å². The standard InChI is InChI=1S/C22H23NO3S/c1-2-3-7-14-23-21(24)20(27-22(23)25)15-17-10-12-19(13-11-17)26-16-18-8-5-4-6-9-18/h4-6,8-13,15H,2-3,7,14,16H2,1H3/b20-15-. The molecule has 0 atom stereocenters. The quantitative estimate of drug-likeness (QED) is 0.448. The highest BCUT2D eigenvalue weighted by molar-refractivity contribution is 8.18. The molecule has 0 aliphatic carbocycles. The molecule has 4 nitrogen and oxygen atoms in total. The van der Waals surface area contributed by atoms with Crippen molar-refractivity contribution in [2.75, 3.05) is 6.54 Å². The van der Waals surface area contributed by atoms with E-state index >= 15 is 0 Å². The molecule has 140 valence electrons. The van der Waals surface area contributed by atoms with Crippen molar-refractivity contribution in [3.63, 3.8) is 0 Å². The second kappa shape index (κ2) is 9.42. The monoisotopic (exact) mass is 381 g/mol. The largest absolute Gasteiger partial charge is 0.489 e. The van der Waals surface area contributed by atoms with Crippen LogP contribution in [0.1, 0.15) is 37.3 Å². The van der Waals surface area contributed by atoms with Gasteiger partial charge in [0, 0.05) is 6.54 Å². The van der Waals surface area contributed by atoms with E-state index < -0.39 is 0 Å². The lowest BCUT2D eigenvalue weighted by atomic mass is 10.2. The molecule has 0 radical (unpaired) electrons. The first-order valence-corrected chi connectivity index (χ1v) is 10.0. The molecular formula is C22H23NO3S. The van der Waals surface area contributed by atoms with Crippen molar-refractivity contribution < 1.29 is 14.3 Å². The lowest BCUT2D eigenvalue weighted by Crippen LogP contribution is -2.29. The first kappa shape index (κ1) is 19.2. The maximum Gasteiger partial charge on any atom is 0.293 e. The summed E-state index contributed by atoms with van der Waals surface area (Å²) in [6.07, 6.45) is 4.71. The summed E-state index contributed by atoms with van der Waals surface area (Å²) >= 11 is 1.01. The third kappa shape index (κ3) is 5.23. The average molecular weight is 381 g/mol. The highest BCUT2D eigenvalue weighted by Crippen LogP contribution is 2.32. The Morgan fingerprint density at radius 2 is 1.74 bits per heavy atom. The molecule has 2 amide bonds. The first-order chi connectivity index (χ1) is 13.2. The molecule has 27 heavy (non-hydrogen) atoms. The van der Waals surface area contributed by atoms with Gasteiger partial charge in [-0.15, -0.1) is 0 Å². The van der Waals surface area contributed by atoms with Gasteiger partial charge < -0.3 is 4.74 Å². The number of thioether (sulfide) groups is 1. The van der Waals surface area contributed by atoms with Crippen LogP contribution in [0.5, 0.6) is 5.75 Å². The van der Waals surface area contributed by atoms with Gasteiger partial charge in [0.05, 0.1) is 4.91 Å². The molecule has 0 bridgehead atoms. The highest BCUT2D eigenvalue weighted by atomic mass is 32.2. The Bertz CT molecular complexity index is 815. The molecule has 0 aromatic heterocycles. The Morgan fingerprint density at radius 1 is 1.00 bits per heavy atom. The normalized spacial score (nSPS) is 15.6. The van der Waals surface area contributed by atoms with Gasteiger partial charge in [0.1, 0.15) is 12.4 Å². The van der Waals surface area contributed by atoms with E-state index in [1.54, 1.807) is 6.08 Å². The van der Waals surface area contributed by atoms with Crippen LogP contribution in [0.25, 0.3) is 6.08 Å². The van der Waals surface area contributed by atoms with Crippen LogP contribution in [0.2, 0.25) is 0 Å². The molecule has 2 aromatic carbocycles. The van der Waals surface area contributed by atoms with E-state index in [-0.39, 0.29) is 11.1 Å². The third-order valence-electron chi connectivity index (χ3n) is 4.29. The Balaban J connectivity index is 1.60. The number of carbonyl (C=O) groups is 2. The fourth-order valence-electron chi connectivity index (χ4n) is 2.77. The van der Waals surface area contributed by atoms with Crippen LogP contribution in [0, 0.1) is 0 Å². The van der Waals surface area contributed by atoms with Crippen LogP contribution < -0.4 is 4.74 Å². The minimum Gasteiger partial charge on any atom is -0.489 e. The predicted octanol–water partition coefficient (Wildman–Crippen LogP) is 5.49. The molecule has 1 aliphatic heterocycles. The fraction of sp³-hybridized carbons (Fsp3) is 0.273. The summed E-state index contributed by atoms with van der Waals surface area (Å²) in [4.78, 5) is 26.3. The predicted molar refractivity (Wildman–Crippen MR) is 109 cm³/mol. The fourth-order valence-corrected chi connectivity index (χ4v) is 3.63. The molecule has 2 aromatic rings. The van der Waals surface area contributed by atoms with Gasteiger partial charge in [-0.2, -0.15) is 0 Å². The number of nitrogens with zero attached hydrogens (tertiary/aromatic N) is 1. The van der Waals surface area contributed by atoms with Gasteiger partial charge in [0.2, 0.25) is 0 Å². The zero-order chi connectivity index (χ0) is 19.1. The van der Waals surface area contributed by atoms with E-state index in [0.29, 0.717) is 18.1 Å². The highest BCUT2D eigenvalue weighted by Gasteiger charge is 2.34. The molecule has 0 saturated carbocycles. The van der Waals surface area contributed by atoms with Gasteiger partial charge in [-0.1, -0.05) is 62.2 Å². The second-order valence-corrected chi connectivity index (χ2v) is 7.38. The molecule has 0 spiro atoms. The third-order valence-corrected chi connectivity index (χ3v) is 5.19. The van der Waals surface area contributed by atoms with Crippen molar-refractivity contribution in [3.05, 3.63) is 70.6 Å². The van der Waals surface area contributed by atoms with Crippen molar-refractivity contribution in [1.29, 1.82) is 0 Å². The number of ether oxygens (including phenoxy) is 1. The molecule has 1 aliphatic rings. The maximum absolute atomic E-state index is 12.4. The minimum absolute atomic E-state index is 0.176. The first-order valence-electron chi connectivity index (χ1n) is 9.19. The van der Waals surface area contributed by atoms with Crippen LogP contribution in [-0.2, 0) is 11.4 Å². The SMILES string of the molecule is CCCCCN1C(=O)S/C(=C\c2ccc(OCc3ccccc3)cc2)C1=O. The summed E-state index contributed by atoms with van der Waals surface area (Å²) in [6, 6.07) is 17.5. The summed E-state index contributed by atoms with van der Waals surface area (Å²) in [6.45, 7) is 3.11. The Morgan fingerprint density at radius 3 is 2.44 bits per heavy atom. The van der Waals surface area contributed by atoms with Crippen molar-refractivity contribution in [1.82, 2.24) is 4.90 Å². The molecule has 5 heteroatoms. The van der Waals surface area contributed by atoms with Gasteiger partial charge in [0.15, 0.2) is 0 Å². The van der Waals surface area contributed by atoms with E-state index in [9.17, 15) is 9.59 Å². The van der Waals surface area contributed by atoms with E-state index in [1.165, 1.54) is 4.90 Å². The zero-order valence-electron chi connectivity index (χ0n) is 15.4. The van der Waals surface area contributed by atoms with E-state index in [1.807, 2.05) is 54.6 Å². The van der Waals surface area contributed by atoms with Crippen molar-refractivity contribution in [2.45, 2.75) is 32.8 Å². The molecule has 0 N–H and O–H groups in total. The van der Waals surface area contributed by atoms with E-state index in [4.69, 9.17) is 4.74 Å². The summed E-state index contributed by atoms with van der Waals surface area (Å²) < 4.78 is 5.77. The number of hydrogen-bond acceptors (Lipinski definition) is 4. The van der Waals surface area contributed by atoms with Gasteiger partial charge >= 0.3 is 0 Å². The molecule has 0 unspecified atom stereocenters. The number of hydrogen-bond donors (Lipinski definition) is 0. The number of unbranched alkanes of at least 4 members (excludes halogenated alkanes) is 2. The Hall–Kier alpha value is -2.53. The lowest BCUT2D eigenvalue weighted by molar-refractivity contribution is -0.122. The number of carbonyl (C=O) groups excluding carboxylic acids is 2. The smallest absolute Gasteiger partial charge is 0.293 e. The van der Waals surface area contributed by atoms with Crippen molar-refractivity contribution in [3.8, 4) is 5.75 Å². The van der Waals surface area contributed by atoms with Crippen molar-refractivity contribution in [2.24, 2.45) is 0 Å². The van der Waals surface area contributed by atoms with E-state index in [2.05, 4.69) is 6.92 Å². The average Bonchev–Trinajstić information content (AvgIpc) is 2.96. The van der Waals surface area contributed by atoms with Crippen LogP contribution >= 0.6 is 11.8 Å². The topological polar surface area (TPSA) is 46.6 Å². The molecule has 3 rings (SSSR count). The second-order valence-electron chi connectivity index (χ2n) is 6.38. The number of imide groups is 1. The zero-order valence-corrected chi connectivity index (χ0v) is 16.2. The van der Waals surface area contributed by atoms with Crippen LogP contribution in [0.3, 0.4) is 0 Å². The lowest BCUT2D eigenvalue weighted by Gasteiger charge is -2.11. The van der Waals surface area contributed by atoms with Crippen LogP contribution in [0.15, 0.2) is 59.5 Å². The molecule has 1 heterocycles. The van der Waals surface area contributed by atoms with Gasteiger partial charge in [-0.05, 0) is 47.5 Å². The van der Waals surface area contributed by atoms with Crippen molar-refractivity contribution >= 4 is 29.0 Å². The van der Waals surface area contributed by atoms with E-state index in [0.717, 1.165) is 47.9 Å². The van der Waals surface area contributed by atoms with Gasteiger partial charge in [0.25, 0.3) is 11.1 Å². The maximum atomic E-state index is 12.4. The van der Waals surface area contributed by atoms with Gasteiger partial charge in [-0.25, -0.2) is 0 Å². The number of benzene rings is 2. The molecular weight excluding hydrogens is 358 g/mol. The molecule has 1 saturated heterocycles. The summed E-state index contributed by atoms with van der Waals surface area (Å²) in [5.74, 6) is 0.578. The molecule has 1 fully saturated rings. The summed E-state index contributed by atoms with van der Waals surface area (Å²) in [5, 5.41) is -0.176.